The van der Waals surface area contributed by atoms with E-state index in [1.54, 1.807) is 23.1 Å². The van der Waals surface area contributed by atoms with Crippen molar-refractivity contribution < 1.29 is 35.9 Å². The average molecular weight is 686 g/mol. The van der Waals surface area contributed by atoms with E-state index in [4.69, 9.17) is 27.9 Å². The molecule has 0 atom stereocenters. The average Bonchev–Trinajstić information content (AvgIpc) is 3.34. The number of amides is 1. The number of hydrogen-bond acceptors (Lipinski definition) is 7. The molecule has 240 valence electrons. The van der Waals surface area contributed by atoms with Crippen LogP contribution >= 0.6 is 23.2 Å². The predicted octanol–water partition coefficient (Wildman–Crippen LogP) is 7.27. The number of aromatic nitrogens is 2. The Morgan fingerprint density at radius 2 is 1.69 bits per heavy atom. The molecule has 3 aromatic carbocycles. The first-order chi connectivity index (χ1) is 21.2. The minimum Gasteiger partial charge on any atom is -0.462 e. The second kappa shape index (κ2) is 13.7. The van der Waals surface area contributed by atoms with E-state index < -0.39 is 44.4 Å². The maximum absolute atomic E-state index is 14.4. The molecule has 4 rings (SSSR count). The fraction of sp³-hybridized carbons (Fsp3) is 0.300. The van der Waals surface area contributed by atoms with Crippen molar-refractivity contribution in [1.82, 2.24) is 14.5 Å². The summed E-state index contributed by atoms with van der Waals surface area (Å²) in [5, 5.41) is 4.94. The van der Waals surface area contributed by atoms with Gasteiger partial charge in [-0.3, -0.25) is 4.79 Å². The number of ether oxygens (including phenoxy) is 1. The Balaban J connectivity index is 1.80. The molecule has 0 saturated carbocycles. The van der Waals surface area contributed by atoms with Crippen LogP contribution in [0.2, 0.25) is 10.0 Å². The van der Waals surface area contributed by atoms with Crippen LogP contribution in [0.1, 0.15) is 60.0 Å². The number of rotatable bonds is 11. The van der Waals surface area contributed by atoms with E-state index in [1.165, 1.54) is 25.1 Å². The molecule has 0 saturated heterocycles. The van der Waals surface area contributed by atoms with Gasteiger partial charge in [0.05, 0.1) is 22.8 Å². The molecule has 9 nitrogen and oxygen atoms in total. The van der Waals surface area contributed by atoms with Gasteiger partial charge in [-0.25, -0.2) is 22.6 Å². The quantitative estimate of drug-likeness (QED) is 0.165. The third-order valence-electron chi connectivity index (χ3n) is 6.69. The van der Waals surface area contributed by atoms with Crippen LogP contribution in [0.4, 0.5) is 19.0 Å². The van der Waals surface area contributed by atoms with Crippen LogP contribution in [0.15, 0.2) is 59.5 Å². The summed E-state index contributed by atoms with van der Waals surface area (Å²) >= 11 is 12.5. The van der Waals surface area contributed by atoms with Gasteiger partial charge in [-0.2, -0.15) is 13.2 Å². The normalized spacial score (nSPS) is 11.9. The maximum Gasteiger partial charge on any atom is 0.435 e. The summed E-state index contributed by atoms with van der Waals surface area (Å²) in [4.78, 5) is 27.5. The summed E-state index contributed by atoms with van der Waals surface area (Å²) in [5.74, 6) is -2.32. The van der Waals surface area contributed by atoms with Gasteiger partial charge in [-0.1, -0.05) is 55.2 Å². The van der Waals surface area contributed by atoms with Gasteiger partial charge in [0.25, 0.3) is 15.9 Å². The van der Waals surface area contributed by atoms with E-state index in [2.05, 4.69) is 5.10 Å². The van der Waals surface area contributed by atoms with Crippen LogP contribution in [-0.2, 0) is 20.9 Å². The highest BCUT2D eigenvalue weighted by Gasteiger charge is 2.42. The largest absolute Gasteiger partial charge is 0.462 e. The molecule has 1 aromatic heterocycles. The molecule has 0 aliphatic heterocycles. The number of esters is 1. The first-order valence-electron chi connectivity index (χ1n) is 13.9. The van der Waals surface area contributed by atoms with Crippen molar-refractivity contribution in [2.24, 2.45) is 0 Å². The van der Waals surface area contributed by atoms with Gasteiger partial charge in [0.1, 0.15) is 5.02 Å². The number of halogens is 5. The number of alkyl halides is 3. The number of nitrogens with zero attached hydrogens (tertiary/aromatic N) is 3. The minimum absolute atomic E-state index is 0.120. The number of carbonyl (C=O) groups excluding carboxylic acids is 2. The van der Waals surface area contributed by atoms with Crippen LogP contribution in [0.5, 0.6) is 0 Å². The van der Waals surface area contributed by atoms with E-state index in [9.17, 15) is 31.2 Å². The van der Waals surface area contributed by atoms with E-state index in [1.807, 2.05) is 18.6 Å². The molecule has 45 heavy (non-hydrogen) atoms. The molecule has 0 unspecified atom stereocenters. The number of sulfonamides is 1. The Bertz CT molecular complexity index is 1860. The van der Waals surface area contributed by atoms with Crippen LogP contribution < -0.4 is 9.62 Å². The zero-order chi connectivity index (χ0) is 33.1. The van der Waals surface area contributed by atoms with Crippen molar-refractivity contribution in [3.63, 3.8) is 0 Å². The number of nitrogens with one attached hydrogen (secondary N) is 1. The fourth-order valence-corrected chi connectivity index (χ4v) is 6.31. The Hall–Kier alpha value is -3.81. The summed E-state index contributed by atoms with van der Waals surface area (Å²) in [6.07, 6.45) is -3.76. The van der Waals surface area contributed by atoms with Crippen LogP contribution in [-0.4, -0.2) is 49.8 Å². The summed E-state index contributed by atoms with van der Waals surface area (Å²) in [6.45, 7) is 5.83. The topological polar surface area (TPSA) is 111 Å². The Morgan fingerprint density at radius 3 is 2.31 bits per heavy atom. The van der Waals surface area contributed by atoms with E-state index in [-0.39, 0.29) is 28.6 Å². The van der Waals surface area contributed by atoms with Gasteiger partial charge in [0.2, 0.25) is 0 Å². The second-order valence-electron chi connectivity index (χ2n) is 9.89. The molecule has 0 spiro atoms. The number of benzene rings is 3. The van der Waals surface area contributed by atoms with Gasteiger partial charge in [-0.15, -0.1) is 5.10 Å². The zero-order valence-corrected chi connectivity index (χ0v) is 26.7. The molecule has 1 N–H and O–H groups in total. The highest BCUT2D eigenvalue weighted by atomic mass is 35.5. The molecule has 1 amide bonds. The third kappa shape index (κ3) is 7.21. The lowest BCUT2D eigenvalue weighted by atomic mass is 10.1. The Labute approximate surface area is 267 Å². The van der Waals surface area contributed by atoms with Gasteiger partial charge in [0, 0.05) is 29.1 Å². The first-order valence-corrected chi connectivity index (χ1v) is 16.1. The van der Waals surface area contributed by atoms with Crippen molar-refractivity contribution in [2.45, 2.75) is 44.7 Å². The highest BCUT2D eigenvalue weighted by Crippen LogP contribution is 2.42. The standard InChI is InChI=1S/C30H29Cl2F3N4O5S/c1-4-14-38(15-5-2)27-25(32)26(30(33,34)35)39(36-27)24-13-11-19(16-22(24)29(41)44-6-3)28(40)37-45(42,43)20-12-10-18-8-7-9-23(31)21(18)17-20/h7-13,16-17H,4-6,14-15H2,1-3H3,(H,37,40). The van der Waals surface area contributed by atoms with Gasteiger partial charge >= 0.3 is 12.1 Å². The smallest absolute Gasteiger partial charge is 0.435 e. The summed E-state index contributed by atoms with van der Waals surface area (Å²) in [6, 6.07) is 12.2. The lowest BCUT2D eigenvalue weighted by Crippen LogP contribution is -2.31. The highest BCUT2D eigenvalue weighted by molar-refractivity contribution is 7.90. The Kier molecular flexibility index (Phi) is 10.4. The molecule has 0 bridgehead atoms. The molecule has 15 heteroatoms. The molecular weight excluding hydrogens is 656 g/mol. The van der Waals surface area contributed by atoms with Crippen molar-refractivity contribution in [3.05, 3.63) is 81.5 Å². The third-order valence-corrected chi connectivity index (χ3v) is 8.69. The molecular formula is C30H29Cl2F3N4O5S. The molecule has 0 radical (unpaired) electrons. The van der Waals surface area contributed by atoms with E-state index in [0.29, 0.717) is 46.4 Å². The van der Waals surface area contributed by atoms with Gasteiger partial charge in [-0.05, 0) is 61.5 Å². The van der Waals surface area contributed by atoms with Crippen molar-refractivity contribution in [1.29, 1.82) is 0 Å². The number of fused-ring (bicyclic) bond motifs is 1. The zero-order valence-electron chi connectivity index (χ0n) is 24.4. The van der Waals surface area contributed by atoms with Crippen molar-refractivity contribution in [2.75, 3.05) is 24.6 Å². The van der Waals surface area contributed by atoms with Crippen molar-refractivity contribution in [3.8, 4) is 5.69 Å². The predicted molar refractivity (Wildman–Crippen MR) is 166 cm³/mol. The Morgan fingerprint density at radius 1 is 1.00 bits per heavy atom. The van der Waals surface area contributed by atoms with Crippen LogP contribution in [0.25, 0.3) is 16.5 Å². The number of anilines is 1. The van der Waals surface area contributed by atoms with Gasteiger partial charge < -0.3 is 9.64 Å². The van der Waals surface area contributed by atoms with E-state index >= 15 is 0 Å². The lowest BCUT2D eigenvalue weighted by Gasteiger charge is -2.21. The monoisotopic (exact) mass is 684 g/mol. The maximum atomic E-state index is 14.4. The molecule has 0 aliphatic carbocycles. The molecule has 4 aromatic rings. The molecule has 1 heterocycles. The van der Waals surface area contributed by atoms with Crippen molar-refractivity contribution >= 4 is 61.7 Å². The summed E-state index contributed by atoms with van der Waals surface area (Å²) < 4.78 is 76.9. The van der Waals surface area contributed by atoms with E-state index in [0.717, 1.165) is 18.2 Å². The fourth-order valence-electron chi connectivity index (χ4n) is 4.73. The number of hydrogen-bond donors (Lipinski definition) is 1. The number of carbonyl (C=O) groups is 2. The lowest BCUT2D eigenvalue weighted by molar-refractivity contribution is -0.142. The first kappa shape index (κ1) is 34.1. The minimum atomic E-state index is -4.98. The van der Waals surface area contributed by atoms with Gasteiger partial charge in [0.15, 0.2) is 11.5 Å². The second-order valence-corrected chi connectivity index (χ2v) is 12.4. The summed E-state index contributed by atoms with van der Waals surface area (Å²) in [7, 11) is -4.43. The molecule has 0 fully saturated rings. The summed E-state index contributed by atoms with van der Waals surface area (Å²) in [5.41, 5.74) is -2.50. The SMILES string of the molecule is CCCN(CCC)c1nn(-c2ccc(C(=O)NS(=O)(=O)c3ccc4cccc(Cl)c4c3)cc2C(=O)OCC)c(C(F)(F)F)c1Cl. The molecule has 0 aliphatic rings. The van der Waals surface area contributed by atoms with Crippen LogP contribution in [0, 0.1) is 0 Å². The van der Waals surface area contributed by atoms with Crippen LogP contribution in [0.3, 0.4) is 0 Å².